The number of nitrogens with one attached hydrogen (secondary N) is 2. The zero-order valence-corrected chi connectivity index (χ0v) is 14.5. The van der Waals surface area contributed by atoms with Crippen molar-refractivity contribution in [2.45, 2.75) is 24.8 Å². The van der Waals surface area contributed by atoms with Crippen LogP contribution < -0.4 is 10.0 Å². The molecule has 0 fully saturated rings. The average Bonchev–Trinajstić information content (AvgIpc) is 3.04. The molecule has 2 rings (SSSR count). The summed E-state index contributed by atoms with van der Waals surface area (Å²) in [6.07, 6.45) is 0.346. The molecule has 0 bridgehead atoms. The predicted molar refractivity (Wildman–Crippen MR) is 88.9 cm³/mol. The summed E-state index contributed by atoms with van der Waals surface area (Å²) >= 11 is 0. The topological polar surface area (TPSA) is 126 Å². The highest BCUT2D eigenvalue weighted by molar-refractivity contribution is 7.89. The van der Waals surface area contributed by atoms with E-state index in [0.29, 0.717) is 12.0 Å². The number of rotatable bonds is 7. The molecule has 0 aliphatic rings. The molecule has 1 aromatic carbocycles. The van der Waals surface area contributed by atoms with Crippen LogP contribution >= 0.6 is 0 Å². The van der Waals surface area contributed by atoms with Crippen molar-refractivity contribution in [3.8, 4) is 0 Å². The fraction of sp³-hybridized carbons (Fsp3) is 0.250. The smallest absolute Gasteiger partial charge is 0.339 e. The number of aryl methyl sites for hydroxylation is 1. The van der Waals surface area contributed by atoms with Gasteiger partial charge in [-0.15, -0.1) is 0 Å². The minimum Gasteiger partial charge on any atom is -0.478 e. The second-order valence-electron chi connectivity index (χ2n) is 5.14. The van der Waals surface area contributed by atoms with E-state index in [2.05, 4.69) is 10.0 Å². The van der Waals surface area contributed by atoms with Crippen LogP contribution in [0, 0.1) is 0 Å². The number of carbonyl (C=O) groups excluding carboxylic acids is 1. The van der Waals surface area contributed by atoms with Crippen LogP contribution in [0.2, 0.25) is 0 Å². The van der Waals surface area contributed by atoms with E-state index in [-0.39, 0.29) is 28.5 Å². The summed E-state index contributed by atoms with van der Waals surface area (Å²) in [7, 11) is -2.26. The van der Waals surface area contributed by atoms with Crippen LogP contribution in [0.15, 0.2) is 39.6 Å². The number of sulfonamides is 1. The molecular formula is C16H18N2O6S. The molecule has 0 aliphatic heterocycles. The van der Waals surface area contributed by atoms with E-state index in [4.69, 9.17) is 9.52 Å². The molecule has 0 saturated heterocycles. The summed E-state index contributed by atoms with van der Waals surface area (Å²) in [5.74, 6) is -1.62. The molecule has 0 unspecified atom stereocenters. The van der Waals surface area contributed by atoms with Gasteiger partial charge in [-0.2, -0.15) is 0 Å². The summed E-state index contributed by atoms with van der Waals surface area (Å²) in [6, 6.07) is 7.29. The van der Waals surface area contributed by atoms with Gasteiger partial charge in [0.25, 0.3) is 5.91 Å². The van der Waals surface area contributed by atoms with E-state index in [1.807, 2.05) is 0 Å². The van der Waals surface area contributed by atoms with Crippen molar-refractivity contribution >= 4 is 21.9 Å². The minimum absolute atomic E-state index is 0.0465. The largest absolute Gasteiger partial charge is 0.478 e. The summed E-state index contributed by atoms with van der Waals surface area (Å²) < 4.78 is 31.0. The molecular weight excluding hydrogens is 348 g/mol. The highest BCUT2D eigenvalue weighted by atomic mass is 32.2. The number of carboxylic acids is 1. The van der Waals surface area contributed by atoms with Crippen LogP contribution in [0.4, 0.5) is 0 Å². The number of hydrogen-bond acceptors (Lipinski definition) is 5. The maximum atomic E-state index is 12.1. The summed E-state index contributed by atoms with van der Waals surface area (Å²) in [5.41, 5.74) is 0.528. The standard InChI is InChI=1S/C16H18N2O6S/c1-3-13-12(16(20)21)8-14(24-13)15(19)18-9-10-5-4-6-11(7-10)25(22,23)17-2/h4-8,17H,3,9H2,1-2H3,(H,18,19)(H,20,21). The Bertz CT molecular complexity index is 901. The molecule has 3 N–H and O–H groups in total. The third-order valence-electron chi connectivity index (χ3n) is 3.51. The fourth-order valence-corrected chi connectivity index (χ4v) is 2.99. The Labute approximate surface area is 144 Å². The Morgan fingerprint density at radius 2 is 1.96 bits per heavy atom. The molecule has 1 amide bonds. The Balaban J connectivity index is 2.13. The van der Waals surface area contributed by atoms with Crippen LogP contribution in [0.5, 0.6) is 0 Å². The third-order valence-corrected chi connectivity index (χ3v) is 4.93. The van der Waals surface area contributed by atoms with Crippen molar-refractivity contribution in [1.29, 1.82) is 0 Å². The lowest BCUT2D eigenvalue weighted by molar-refractivity contribution is 0.0694. The van der Waals surface area contributed by atoms with Gasteiger partial charge < -0.3 is 14.8 Å². The molecule has 0 aliphatic carbocycles. The number of amides is 1. The van der Waals surface area contributed by atoms with Crippen molar-refractivity contribution < 1.29 is 27.5 Å². The number of furan rings is 1. The number of carbonyl (C=O) groups is 2. The minimum atomic E-state index is -3.57. The van der Waals surface area contributed by atoms with Crippen LogP contribution in [0.25, 0.3) is 0 Å². The van der Waals surface area contributed by atoms with E-state index in [9.17, 15) is 18.0 Å². The number of aromatic carboxylic acids is 1. The van der Waals surface area contributed by atoms with Crippen LogP contribution in [0.1, 0.15) is 39.2 Å². The molecule has 134 valence electrons. The van der Waals surface area contributed by atoms with Gasteiger partial charge in [0, 0.05) is 19.0 Å². The molecule has 0 radical (unpaired) electrons. The molecule has 2 aromatic rings. The zero-order valence-electron chi connectivity index (χ0n) is 13.7. The first-order valence-electron chi connectivity index (χ1n) is 7.45. The molecule has 8 nitrogen and oxygen atoms in total. The third kappa shape index (κ3) is 4.25. The van der Waals surface area contributed by atoms with Crippen molar-refractivity contribution in [1.82, 2.24) is 10.0 Å². The van der Waals surface area contributed by atoms with Gasteiger partial charge in [-0.25, -0.2) is 17.9 Å². The fourth-order valence-electron chi connectivity index (χ4n) is 2.19. The van der Waals surface area contributed by atoms with Gasteiger partial charge in [-0.05, 0) is 24.7 Å². The number of carboxylic acid groups (broad SMARTS) is 1. The molecule has 1 aromatic heterocycles. The van der Waals surface area contributed by atoms with Gasteiger partial charge >= 0.3 is 5.97 Å². The lowest BCUT2D eigenvalue weighted by Crippen LogP contribution is -2.23. The van der Waals surface area contributed by atoms with Gasteiger partial charge in [-0.3, -0.25) is 4.79 Å². The van der Waals surface area contributed by atoms with Crippen LogP contribution in [-0.2, 0) is 23.0 Å². The molecule has 0 saturated carbocycles. The van der Waals surface area contributed by atoms with E-state index < -0.39 is 21.9 Å². The van der Waals surface area contributed by atoms with E-state index >= 15 is 0 Å². The Morgan fingerprint density at radius 1 is 1.24 bits per heavy atom. The predicted octanol–water partition coefficient (Wildman–Crippen LogP) is 1.38. The normalized spacial score (nSPS) is 11.3. The van der Waals surface area contributed by atoms with Gasteiger partial charge in [0.15, 0.2) is 5.76 Å². The first-order valence-corrected chi connectivity index (χ1v) is 8.93. The Morgan fingerprint density at radius 3 is 2.52 bits per heavy atom. The maximum Gasteiger partial charge on any atom is 0.339 e. The first kappa shape index (κ1) is 18.7. The van der Waals surface area contributed by atoms with Crippen LogP contribution in [-0.4, -0.2) is 32.4 Å². The highest BCUT2D eigenvalue weighted by Gasteiger charge is 2.20. The second-order valence-corrected chi connectivity index (χ2v) is 7.03. The van der Waals surface area contributed by atoms with E-state index in [0.717, 1.165) is 0 Å². The van der Waals surface area contributed by atoms with E-state index in [1.165, 1.54) is 25.2 Å². The van der Waals surface area contributed by atoms with Crippen molar-refractivity contribution in [3.05, 3.63) is 53.0 Å². The SMILES string of the molecule is CCc1oc(C(=O)NCc2cccc(S(=O)(=O)NC)c2)cc1C(=O)O. The first-order chi connectivity index (χ1) is 11.8. The maximum absolute atomic E-state index is 12.1. The Hall–Kier alpha value is -2.65. The van der Waals surface area contributed by atoms with Gasteiger partial charge in [-0.1, -0.05) is 19.1 Å². The number of hydrogen-bond donors (Lipinski definition) is 3. The second kappa shape index (κ2) is 7.49. The quantitative estimate of drug-likeness (QED) is 0.680. The molecule has 0 atom stereocenters. The zero-order chi connectivity index (χ0) is 18.6. The lowest BCUT2D eigenvalue weighted by atomic mass is 10.2. The summed E-state index contributed by atoms with van der Waals surface area (Å²) in [4.78, 5) is 23.3. The molecule has 0 spiro atoms. The van der Waals surface area contributed by atoms with E-state index in [1.54, 1.807) is 19.1 Å². The van der Waals surface area contributed by atoms with Gasteiger partial charge in [0.05, 0.1) is 4.90 Å². The monoisotopic (exact) mass is 366 g/mol. The van der Waals surface area contributed by atoms with Crippen molar-refractivity contribution in [2.24, 2.45) is 0 Å². The van der Waals surface area contributed by atoms with Crippen molar-refractivity contribution in [2.75, 3.05) is 7.05 Å². The molecule has 1 heterocycles. The summed E-state index contributed by atoms with van der Waals surface area (Å²) in [5, 5.41) is 11.7. The lowest BCUT2D eigenvalue weighted by Gasteiger charge is -2.07. The average molecular weight is 366 g/mol. The number of benzene rings is 1. The van der Waals surface area contributed by atoms with Crippen LogP contribution in [0.3, 0.4) is 0 Å². The molecule has 9 heteroatoms. The Kier molecular flexibility index (Phi) is 5.60. The van der Waals surface area contributed by atoms with Gasteiger partial charge in [0.1, 0.15) is 11.3 Å². The van der Waals surface area contributed by atoms with Crippen molar-refractivity contribution in [3.63, 3.8) is 0 Å². The molecule has 25 heavy (non-hydrogen) atoms. The summed E-state index contributed by atoms with van der Waals surface area (Å²) in [6.45, 7) is 1.79. The van der Waals surface area contributed by atoms with Gasteiger partial charge in [0.2, 0.25) is 10.0 Å². The highest BCUT2D eigenvalue weighted by Crippen LogP contribution is 2.17.